The molecule has 4 rings (SSSR count). The summed E-state index contributed by atoms with van der Waals surface area (Å²) in [4.78, 5) is 19.3. The average molecular weight is 373 g/mol. The minimum Gasteiger partial charge on any atom is -0.369 e. The maximum Gasteiger partial charge on any atom is 0.221 e. The van der Waals surface area contributed by atoms with E-state index in [1.165, 1.54) is 0 Å². The van der Waals surface area contributed by atoms with Crippen LogP contribution in [0, 0.1) is 0 Å². The van der Waals surface area contributed by atoms with Gasteiger partial charge in [0.25, 0.3) is 0 Å². The van der Waals surface area contributed by atoms with Crippen LogP contribution in [-0.2, 0) is 0 Å². The van der Waals surface area contributed by atoms with Gasteiger partial charge in [0.05, 0.1) is 6.67 Å². The predicted molar refractivity (Wildman–Crippen MR) is 113 cm³/mol. The summed E-state index contributed by atoms with van der Waals surface area (Å²) < 4.78 is 0. The first kappa shape index (κ1) is 18.1. The monoisotopic (exact) mass is 373 g/mol. The quantitative estimate of drug-likeness (QED) is 0.619. The van der Waals surface area contributed by atoms with E-state index in [1.54, 1.807) is 18.6 Å². The molecular formula is C21H23N7. The van der Waals surface area contributed by atoms with Crippen molar-refractivity contribution < 1.29 is 0 Å². The Morgan fingerprint density at radius 2 is 1.93 bits per heavy atom. The number of benzene rings is 1. The van der Waals surface area contributed by atoms with Crippen molar-refractivity contribution in [3.05, 3.63) is 55.0 Å². The average Bonchev–Trinajstić information content (AvgIpc) is 3.26. The summed E-state index contributed by atoms with van der Waals surface area (Å²) in [5, 5.41) is 3.43. The van der Waals surface area contributed by atoms with Crippen LogP contribution in [0.2, 0.25) is 0 Å². The SMILES string of the molecule is Nc1ncc(-c2cccc(-c3ccncc3)c2)c(NCCCN2CC=NC2)n1. The molecule has 0 fully saturated rings. The van der Waals surface area contributed by atoms with Crippen molar-refractivity contribution in [2.45, 2.75) is 6.42 Å². The van der Waals surface area contributed by atoms with E-state index in [4.69, 9.17) is 5.73 Å². The molecule has 0 saturated carbocycles. The van der Waals surface area contributed by atoms with Crippen molar-refractivity contribution in [2.24, 2.45) is 4.99 Å². The molecule has 7 nitrogen and oxygen atoms in total. The lowest BCUT2D eigenvalue weighted by Gasteiger charge is -2.15. The molecule has 7 heteroatoms. The maximum atomic E-state index is 5.84. The van der Waals surface area contributed by atoms with Gasteiger partial charge in [0, 0.05) is 50.0 Å². The van der Waals surface area contributed by atoms with E-state index in [0.29, 0.717) is 0 Å². The number of nitrogen functional groups attached to an aromatic ring is 1. The molecule has 3 aromatic rings. The Morgan fingerprint density at radius 3 is 2.75 bits per heavy atom. The molecule has 142 valence electrons. The summed E-state index contributed by atoms with van der Waals surface area (Å²) >= 11 is 0. The first-order valence-electron chi connectivity index (χ1n) is 9.37. The molecule has 0 atom stereocenters. The molecule has 0 amide bonds. The second-order valence-electron chi connectivity index (χ2n) is 6.67. The molecule has 1 aliphatic rings. The Hall–Kier alpha value is -3.32. The largest absolute Gasteiger partial charge is 0.369 e. The van der Waals surface area contributed by atoms with E-state index in [1.807, 2.05) is 24.4 Å². The minimum absolute atomic E-state index is 0.268. The van der Waals surface area contributed by atoms with Gasteiger partial charge >= 0.3 is 0 Å². The molecule has 2 aromatic heterocycles. The first-order chi connectivity index (χ1) is 13.8. The number of aromatic nitrogens is 3. The number of hydrogen-bond acceptors (Lipinski definition) is 7. The van der Waals surface area contributed by atoms with Crippen molar-refractivity contribution in [3.63, 3.8) is 0 Å². The summed E-state index contributed by atoms with van der Waals surface area (Å²) in [6.45, 7) is 3.55. The van der Waals surface area contributed by atoms with E-state index in [2.05, 4.69) is 48.4 Å². The fourth-order valence-electron chi connectivity index (χ4n) is 3.23. The van der Waals surface area contributed by atoms with Crippen molar-refractivity contribution >= 4 is 18.0 Å². The lowest BCUT2D eigenvalue weighted by molar-refractivity contribution is 0.341. The molecule has 0 bridgehead atoms. The second-order valence-corrected chi connectivity index (χ2v) is 6.67. The van der Waals surface area contributed by atoms with Gasteiger partial charge in [-0.15, -0.1) is 0 Å². The summed E-state index contributed by atoms with van der Waals surface area (Å²) in [5.41, 5.74) is 10.1. The number of rotatable bonds is 7. The van der Waals surface area contributed by atoms with Gasteiger partial charge in [-0.2, -0.15) is 4.98 Å². The van der Waals surface area contributed by atoms with Crippen molar-refractivity contribution in [2.75, 3.05) is 37.4 Å². The lowest BCUT2D eigenvalue weighted by atomic mass is 10.0. The smallest absolute Gasteiger partial charge is 0.221 e. The minimum atomic E-state index is 0.268. The van der Waals surface area contributed by atoms with Crippen LogP contribution in [0.1, 0.15) is 6.42 Å². The zero-order chi connectivity index (χ0) is 19.2. The highest BCUT2D eigenvalue weighted by molar-refractivity contribution is 5.79. The second kappa shape index (κ2) is 8.58. The van der Waals surface area contributed by atoms with Gasteiger partial charge < -0.3 is 11.1 Å². The summed E-state index contributed by atoms with van der Waals surface area (Å²) in [6.07, 6.45) is 8.35. The van der Waals surface area contributed by atoms with Crippen molar-refractivity contribution in [1.29, 1.82) is 0 Å². The van der Waals surface area contributed by atoms with Gasteiger partial charge in [0.2, 0.25) is 5.95 Å². The van der Waals surface area contributed by atoms with Crippen LogP contribution in [0.4, 0.5) is 11.8 Å². The van der Waals surface area contributed by atoms with Gasteiger partial charge in [0.15, 0.2) is 0 Å². The number of hydrogen-bond donors (Lipinski definition) is 2. The summed E-state index contributed by atoms with van der Waals surface area (Å²) in [5.74, 6) is 1.03. The van der Waals surface area contributed by atoms with Crippen LogP contribution in [0.3, 0.4) is 0 Å². The molecule has 0 saturated heterocycles. The Bertz CT molecular complexity index is 948. The van der Waals surface area contributed by atoms with Gasteiger partial charge in [0.1, 0.15) is 5.82 Å². The summed E-state index contributed by atoms with van der Waals surface area (Å²) in [7, 11) is 0. The molecule has 3 heterocycles. The molecule has 0 radical (unpaired) electrons. The normalized spacial score (nSPS) is 13.7. The highest BCUT2D eigenvalue weighted by Crippen LogP contribution is 2.30. The molecule has 3 N–H and O–H groups in total. The number of aliphatic imine (C=N–C) groups is 1. The third-order valence-electron chi connectivity index (χ3n) is 4.69. The van der Waals surface area contributed by atoms with E-state index in [-0.39, 0.29) is 5.95 Å². The van der Waals surface area contributed by atoms with Gasteiger partial charge in [-0.05, 0) is 41.3 Å². The third-order valence-corrected chi connectivity index (χ3v) is 4.69. The van der Waals surface area contributed by atoms with E-state index in [0.717, 1.165) is 60.8 Å². The van der Waals surface area contributed by atoms with Gasteiger partial charge in [-0.3, -0.25) is 14.9 Å². The Balaban J connectivity index is 1.51. The Morgan fingerprint density at radius 1 is 1.07 bits per heavy atom. The Labute approximate surface area is 164 Å². The van der Waals surface area contributed by atoms with Gasteiger partial charge in [-0.1, -0.05) is 18.2 Å². The Kier molecular flexibility index (Phi) is 5.53. The van der Waals surface area contributed by atoms with E-state index >= 15 is 0 Å². The van der Waals surface area contributed by atoms with Crippen molar-refractivity contribution in [3.8, 4) is 22.3 Å². The number of nitrogens with two attached hydrogens (primary N) is 1. The first-order valence-corrected chi connectivity index (χ1v) is 9.37. The lowest BCUT2D eigenvalue weighted by Crippen LogP contribution is -2.23. The molecule has 1 aromatic carbocycles. The van der Waals surface area contributed by atoms with Crippen LogP contribution in [0.5, 0.6) is 0 Å². The standard InChI is InChI=1S/C21H23N7/c22-21-26-14-19(20(27-21)25-7-2-11-28-12-10-24-15-28)18-4-1-3-17(13-18)16-5-8-23-9-6-16/h1,3-6,8-10,13-14H,2,7,11-12,15H2,(H3,22,25,26,27). The zero-order valence-corrected chi connectivity index (χ0v) is 15.6. The number of nitrogens with zero attached hydrogens (tertiary/aromatic N) is 5. The molecule has 28 heavy (non-hydrogen) atoms. The highest BCUT2D eigenvalue weighted by Gasteiger charge is 2.11. The number of anilines is 2. The maximum absolute atomic E-state index is 5.84. The van der Waals surface area contributed by atoms with Crippen LogP contribution in [0.15, 0.2) is 60.0 Å². The van der Waals surface area contributed by atoms with Crippen LogP contribution >= 0.6 is 0 Å². The van der Waals surface area contributed by atoms with Crippen LogP contribution < -0.4 is 11.1 Å². The fraction of sp³-hybridized carbons (Fsp3) is 0.238. The van der Waals surface area contributed by atoms with Crippen LogP contribution in [-0.4, -0.2) is 52.4 Å². The molecule has 0 unspecified atom stereocenters. The molecular weight excluding hydrogens is 350 g/mol. The summed E-state index contributed by atoms with van der Waals surface area (Å²) in [6, 6.07) is 12.3. The topological polar surface area (TPSA) is 92.3 Å². The van der Waals surface area contributed by atoms with E-state index in [9.17, 15) is 0 Å². The predicted octanol–water partition coefficient (Wildman–Crippen LogP) is 2.93. The third kappa shape index (κ3) is 4.32. The number of pyridine rings is 1. The highest BCUT2D eigenvalue weighted by atomic mass is 15.2. The molecule has 1 aliphatic heterocycles. The molecule has 0 aliphatic carbocycles. The van der Waals surface area contributed by atoms with Gasteiger partial charge in [-0.25, -0.2) is 4.98 Å². The number of nitrogens with one attached hydrogen (secondary N) is 1. The van der Waals surface area contributed by atoms with E-state index < -0.39 is 0 Å². The fourth-order valence-corrected chi connectivity index (χ4v) is 3.23. The van der Waals surface area contributed by atoms with Crippen LogP contribution in [0.25, 0.3) is 22.3 Å². The molecule has 0 spiro atoms. The zero-order valence-electron chi connectivity index (χ0n) is 15.6. The van der Waals surface area contributed by atoms with Crippen molar-refractivity contribution in [1.82, 2.24) is 19.9 Å².